The second-order valence-corrected chi connectivity index (χ2v) is 7.18. The summed E-state index contributed by atoms with van der Waals surface area (Å²) in [6.07, 6.45) is 1.55. The smallest absolute Gasteiger partial charge is 0.319 e. The fraction of sp³-hybridized carbons (Fsp3) is 0.455. The van der Waals surface area contributed by atoms with Crippen molar-refractivity contribution >= 4 is 17.5 Å². The Morgan fingerprint density at radius 3 is 2.10 bits per heavy atom. The molecule has 1 aliphatic heterocycles. The summed E-state index contributed by atoms with van der Waals surface area (Å²) in [5.41, 5.74) is 2.76. The maximum absolute atomic E-state index is 12.7. The number of carbonyl (C=O) groups excluding carboxylic acids is 2. The molecule has 1 fully saturated rings. The summed E-state index contributed by atoms with van der Waals surface area (Å²) in [6.45, 7) is 7.61. The third-order valence-corrected chi connectivity index (χ3v) is 5.38. The number of aromatic nitrogens is 2. The molecule has 0 saturated carbocycles. The average Bonchev–Trinajstić information content (AvgIpc) is 2.80. The molecule has 0 N–H and O–H groups in total. The molecule has 0 unspecified atom stereocenters. The molecule has 1 saturated heterocycles. The Labute approximate surface area is 182 Å². The highest BCUT2D eigenvalue weighted by molar-refractivity contribution is 6.35. The molecule has 1 aromatic carbocycles. The zero-order valence-corrected chi connectivity index (χ0v) is 18.5. The Kier molecular flexibility index (Phi) is 7.28. The average molecular weight is 428 g/mol. The van der Waals surface area contributed by atoms with Gasteiger partial charge in [-0.25, -0.2) is 4.98 Å². The number of anilines is 1. The lowest BCUT2D eigenvalue weighted by Gasteiger charge is -2.34. The van der Waals surface area contributed by atoms with Gasteiger partial charge in [-0.3, -0.25) is 9.59 Å². The van der Waals surface area contributed by atoms with Gasteiger partial charge >= 0.3 is 17.8 Å². The van der Waals surface area contributed by atoms with Gasteiger partial charge < -0.3 is 24.2 Å². The number of amides is 2. The molecule has 1 aliphatic rings. The third kappa shape index (κ3) is 5.04. The van der Waals surface area contributed by atoms with Crippen molar-refractivity contribution in [3.05, 3.63) is 41.6 Å². The molecule has 0 spiro atoms. The van der Waals surface area contributed by atoms with Crippen molar-refractivity contribution in [2.45, 2.75) is 26.9 Å². The second-order valence-electron chi connectivity index (χ2n) is 7.18. The van der Waals surface area contributed by atoms with E-state index in [1.165, 1.54) is 19.1 Å². The van der Waals surface area contributed by atoms with E-state index in [-0.39, 0.29) is 12.6 Å². The van der Waals surface area contributed by atoms with Crippen LogP contribution in [-0.2, 0) is 22.7 Å². The maximum Gasteiger partial charge on any atom is 0.319 e. The van der Waals surface area contributed by atoms with Gasteiger partial charge in [-0.1, -0.05) is 12.1 Å². The van der Waals surface area contributed by atoms with Gasteiger partial charge in [-0.2, -0.15) is 4.98 Å². The van der Waals surface area contributed by atoms with Gasteiger partial charge in [0.2, 0.25) is 5.88 Å². The van der Waals surface area contributed by atoms with E-state index in [0.717, 1.165) is 24.3 Å². The quantitative estimate of drug-likeness (QED) is 0.563. The molecule has 1 aromatic heterocycles. The molecule has 9 heteroatoms. The van der Waals surface area contributed by atoms with Crippen LogP contribution in [0.1, 0.15) is 25.0 Å². The van der Waals surface area contributed by atoms with Gasteiger partial charge in [0.25, 0.3) is 0 Å². The van der Waals surface area contributed by atoms with Gasteiger partial charge in [0.1, 0.15) is 0 Å². The van der Waals surface area contributed by atoms with E-state index in [9.17, 15) is 9.59 Å². The fourth-order valence-electron chi connectivity index (χ4n) is 3.60. The highest BCUT2D eigenvalue weighted by Crippen LogP contribution is 2.21. The van der Waals surface area contributed by atoms with Crippen LogP contribution in [0.2, 0.25) is 0 Å². The van der Waals surface area contributed by atoms with Crippen LogP contribution < -0.4 is 14.4 Å². The summed E-state index contributed by atoms with van der Waals surface area (Å²) < 4.78 is 10.3. The largest absolute Gasteiger partial charge is 0.481 e. The first kappa shape index (κ1) is 22.3. The predicted octanol–water partition coefficient (Wildman–Crippen LogP) is 1.71. The molecule has 0 aliphatic carbocycles. The third-order valence-electron chi connectivity index (χ3n) is 5.38. The van der Waals surface area contributed by atoms with Gasteiger partial charge in [0.05, 0.1) is 26.3 Å². The zero-order chi connectivity index (χ0) is 22.4. The highest BCUT2D eigenvalue weighted by Gasteiger charge is 2.33. The van der Waals surface area contributed by atoms with Gasteiger partial charge in [-0.05, 0) is 31.5 Å². The summed E-state index contributed by atoms with van der Waals surface area (Å²) in [5.74, 6) is -0.723. The first-order chi connectivity index (χ1) is 15.0. The first-order valence-electron chi connectivity index (χ1n) is 10.4. The van der Waals surface area contributed by atoms with E-state index in [4.69, 9.17) is 9.47 Å². The molecule has 2 amide bonds. The van der Waals surface area contributed by atoms with Crippen molar-refractivity contribution in [2.24, 2.45) is 0 Å². The minimum atomic E-state index is -0.538. The summed E-state index contributed by atoms with van der Waals surface area (Å²) in [7, 11) is 2.95. The molecule has 166 valence electrons. The number of ether oxygens (including phenoxy) is 2. The molecule has 9 nitrogen and oxygen atoms in total. The normalized spacial score (nSPS) is 14.1. The van der Waals surface area contributed by atoms with Gasteiger partial charge in [0, 0.05) is 44.6 Å². The van der Waals surface area contributed by atoms with Crippen LogP contribution >= 0.6 is 0 Å². The number of hydrogen-bond acceptors (Lipinski definition) is 7. The van der Waals surface area contributed by atoms with E-state index >= 15 is 0 Å². The van der Waals surface area contributed by atoms with E-state index in [1.54, 1.807) is 11.1 Å². The van der Waals surface area contributed by atoms with Crippen molar-refractivity contribution in [1.82, 2.24) is 19.8 Å². The van der Waals surface area contributed by atoms with E-state index in [1.807, 2.05) is 12.1 Å². The molecular weight excluding hydrogens is 398 g/mol. The molecule has 31 heavy (non-hydrogen) atoms. The summed E-state index contributed by atoms with van der Waals surface area (Å²) in [4.78, 5) is 38.9. The summed E-state index contributed by atoms with van der Waals surface area (Å²) in [5, 5.41) is 0. The minimum absolute atomic E-state index is 0.180. The van der Waals surface area contributed by atoms with Crippen LogP contribution in [0.5, 0.6) is 11.9 Å². The van der Waals surface area contributed by atoms with Crippen LogP contribution in [0.4, 0.5) is 5.69 Å². The predicted molar refractivity (Wildman–Crippen MR) is 116 cm³/mol. The minimum Gasteiger partial charge on any atom is -0.481 e. The van der Waals surface area contributed by atoms with Crippen molar-refractivity contribution in [2.75, 3.05) is 45.3 Å². The zero-order valence-electron chi connectivity index (χ0n) is 18.5. The SMILES string of the molecule is CCN(CC)c1ccc(CN2CCN(Cc3cnc(OC)nc3OC)C(=O)C2=O)cc1. The Balaban J connectivity index is 1.64. The Morgan fingerprint density at radius 1 is 0.935 bits per heavy atom. The summed E-state index contributed by atoms with van der Waals surface area (Å²) >= 11 is 0. The fourth-order valence-corrected chi connectivity index (χ4v) is 3.60. The highest BCUT2D eigenvalue weighted by atomic mass is 16.5. The topological polar surface area (TPSA) is 88.1 Å². The second kappa shape index (κ2) is 10.1. The van der Waals surface area contributed by atoms with Crippen molar-refractivity contribution in [1.29, 1.82) is 0 Å². The number of nitrogens with zero attached hydrogens (tertiary/aromatic N) is 5. The summed E-state index contributed by atoms with van der Waals surface area (Å²) in [6, 6.07) is 8.32. The molecule has 3 rings (SSSR count). The van der Waals surface area contributed by atoms with Crippen LogP contribution in [0.25, 0.3) is 0 Å². The number of carbonyl (C=O) groups is 2. The number of rotatable bonds is 9. The van der Waals surface area contributed by atoms with Gasteiger partial charge in [-0.15, -0.1) is 0 Å². The van der Waals surface area contributed by atoms with Crippen LogP contribution in [0.15, 0.2) is 30.5 Å². The Hall–Kier alpha value is -3.36. The molecule has 2 aromatic rings. The molecule has 0 bridgehead atoms. The van der Waals surface area contributed by atoms with E-state index in [0.29, 0.717) is 31.1 Å². The standard InChI is InChI=1S/C22H29N5O4/c1-5-25(6-2)18-9-7-16(8-10-18)14-26-11-12-27(21(29)20(26)28)15-17-13-23-22(31-4)24-19(17)30-3/h7-10,13H,5-6,11-12,14-15H2,1-4H3. The van der Waals surface area contributed by atoms with Crippen LogP contribution in [0, 0.1) is 0 Å². The molecule has 0 atom stereocenters. The Morgan fingerprint density at radius 2 is 1.55 bits per heavy atom. The monoisotopic (exact) mass is 427 g/mol. The van der Waals surface area contributed by atoms with E-state index < -0.39 is 11.8 Å². The molecule has 0 radical (unpaired) electrons. The van der Waals surface area contributed by atoms with E-state index in [2.05, 4.69) is 40.8 Å². The number of hydrogen-bond donors (Lipinski definition) is 0. The lowest BCUT2D eigenvalue weighted by Crippen LogP contribution is -2.53. The number of benzene rings is 1. The first-order valence-corrected chi connectivity index (χ1v) is 10.4. The molecule has 2 heterocycles. The number of piperazine rings is 1. The molecular formula is C22H29N5O4. The number of methoxy groups -OCH3 is 2. The van der Waals surface area contributed by atoms with Crippen LogP contribution in [-0.4, -0.2) is 72.0 Å². The Bertz CT molecular complexity index is 915. The van der Waals surface area contributed by atoms with Crippen molar-refractivity contribution < 1.29 is 19.1 Å². The lowest BCUT2D eigenvalue weighted by molar-refractivity contribution is -0.156. The van der Waals surface area contributed by atoms with Gasteiger partial charge in [0.15, 0.2) is 0 Å². The van der Waals surface area contributed by atoms with Crippen molar-refractivity contribution in [3.63, 3.8) is 0 Å². The van der Waals surface area contributed by atoms with Crippen LogP contribution in [0.3, 0.4) is 0 Å². The van der Waals surface area contributed by atoms with Crippen molar-refractivity contribution in [3.8, 4) is 11.9 Å². The lowest BCUT2D eigenvalue weighted by atomic mass is 10.1. The maximum atomic E-state index is 12.7.